The van der Waals surface area contributed by atoms with E-state index in [0.29, 0.717) is 28.6 Å². The lowest BCUT2D eigenvalue weighted by molar-refractivity contribution is 0.241. The molecular formula is C28H39N5O2S. The molecule has 7 nitrogen and oxygen atoms in total. The molecule has 0 unspecified atom stereocenters. The maximum Gasteiger partial charge on any atom is 0.258 e. The number of nitrogens with one attached hydrogen (secondary N) is 1. The van der Waals surface area contributed by atoms with Crippen molar-refractivity contribution < 1.29 is 9.26 Å². The maximum atomic E-state index is 9.40. The summed E-state index contributed by atoms with van der Waals surface area (Å²) < 4.78 is 14.1. The molecule has 0 spiro atoms. The summed E-state index contributed by atoms with van der Waals surface area (Å²) in [5.41, 5.74) is 4.89. The third-order valence-electron chi connectivity index (χ3n) is 5.31. The van der Waals surface area contributed by atoms with Crippen LogP contribution >= 0.6 is 11.9 Å². The number of ether oxygens (including phenoxy) is 1. The molecule has 1 N–H and O–H groups in total. The number of aryl methyl sites for hydroxylation is 1. The fourth-order valence-corrected chi connectivity index (χ4v) is 4.38. The molecular weight excluding hydrogens is 470 g/mol. The molecule has 0 amide bonds. The van der Waals surface area contributed by atoms with Crippen LogP contribution in [0.4, 0.5) is 0 Å². The van der Waals surface area contributed by atoms with Gasteiger partial charge in [0.2, 0.25) is 5.82 Å². The summed E-state index contributed by atoms with van der Waals surface area (Å²) in [6.45, 7) is 9.00. The quantitative estimate of drug-likeness (QED) is 0.292. The summed E-state index contributed by atoms with van der Waals surface area (Å²) >= 11 is 1.74. The molecule has 0 aliphatic heterocycles. The zero-order valence-corrected chi connectivity index (χ0v) is 23.4. The van der Waals surface area contributed by atoms with Gasteiger partial charge >= 0.3 is 0 Å². The Morgan fingerprint density at radius 2 is 1.97 bits per heavy atom. The minimum Gasteiger partial charge on any atom is -0.490 e. The highest BCUT2D eigenvalue weighted by molar-refractivity contribution is 7.97. The Morgan fingerprint density at radius 1 is 1.19 bits per heavy atom. The molecule has 0 fully saturated rings. The first kappa shape index (κ1) is 29.4. The molecule has 36 heavy (non-hydrogen) atoms. The van der Waals surface area contributed by atoms with Gasteiger partial charge in [-0.2, -0.15) is 10.2 Å². The molecule has 8 heteroatoms. The smallest absolute Gasteiger partial charge is 0.258 e. The summed E-state index contributed by atoms with van der Waals surface area (Å²) in [6.07, 6.45) is 3.33. The highest BCUT2D eigenvalue weighted by Crippen LogP contribution is 2.32. The van der Waals surface area contributed by atoms with Crippen molar-refractivity contribution in [1.82, 2.24) is 19.8 Å². The van der Waals surface area contributed by atoms with Crippen molar-refractivity contribution in [3.05, 3.63) is 53.1 Å². The Bertz CT molecular complexity index is 1120. The van der Waals surface area contributed by atoms with Gasteiger partial charge in [0.05, 0.1) is 11.7 Å². The average Bonchev–Trinajstić information content (AvgIpc) is 3.56. The van der Waals surface area contributed by atoms with Crippen molar-refractivity contribution in [3.63, 3.8) is 0 Å². The summed E-state index contributed by atoms with van der Waals surface area (Å²) in [7, 11) is 6.10. The Morgan fingerprint density at radius 3 is 2.64 bits per heavy atom. The number of aromatic nitrogens is 2. The van der Waals surface area contributed by atoms with Crippen LogP contribution in [0.2, 0.25) is 0 Å². The predicted molar refractivity (Wildman–Crippen MR) is 149 cm³/mol. The Labute approximate surface area is 220 Å². The number of nitriles is 1. The van der Waals surface area contributed by atoms with Crippen LogP contribution in [-0.2, 0) is 12.8 Å². The van der Waals surface area contributed by atoms with E-state index in [2.05, 4.69) is 46.0 Å². The van der Waals surface area contributed by atoms with Crippen LogP contribution in [0.3, 0.4) is 0 Å². The number of nitrogens with zero attached hydrogens (tertiary/aromatic N) is 4. The van der Waals surface area contributed by atoms with Crippen LogP contribution in [0.15, 0.2) is 40.9 Å². The van der Waals surface area contributed by atoms with E-state index in [4.69, 9.17) is 9.26 Å². The van der Waals surface area contributed by atoms with Gasteiger partial charge in [-0.15, -0.1) is 0 Å². The van der Waals surface area contributed by atoms with E-state index in [1.807, 2.05) is 52.9 Å². The number of fused-ring (bicyclic) bond motifs is 1. The van der Waals surface area contributed by atoms with Gasteiger partial charge in [-0.1, -0.05) is 49.2 Å². The standard InChI is InChI=1S/C21H19N3O2.C5H14N2S.C2H6/c1-13(2)25-19-10-9-15(11-16(19)12-22)21-23-20(24-26-21)18-8-4-6-14-5-3-7-17(14)18;1-6-8-5-4-7(2)3;1-2/h4,6,8-11,13H,3,5,7H2,1-2H3;6H,4-5H2,1-3H3;1-2H3. The summed E-state index contributed by atoms with van der Waals surface area (Å²) in [4.78, 5) is 6.74. The van der Waals surface area contributed by atoms with Crippen LogP contribution in [0, 0.1) is 11.3 Å². The third kappa shape index (κ3) is 8.37. The topological polar surface area (TPSA) is 87.2 Å². The second kappa shape index (κ2) is 15.3. The van der Waals surface area contributed by atoms with Crippen LogP contribution in [0.25, 0.3) is 22.8 Å². The summed E-state index contributed by atoms with van der Waals surface area (Å²) in [5.74, 6) is 2.72. The molecule has 0 radical (unpaired) electrons. The molecule has 1 aliphatic carbocycles. The molecule has 2 aromatic carbocycles. The van der Waals surface area contributed by atoms with Gasteiger partial charge in [-0.25, -0.2) is 0 Å². The van der Waals surface area contributed by atoms with Crippen molar-refractivity contribution in [3.8, 4) is 34.7 Å². The first-order valence-corrected chi connectivity index (χ1v) is 13.5. The minimum absolute atomic E-state index is 0.00290. The first-order valence-electron chi connectivity index (χ1n) is 12.5. The fourth-order valence-electron chi connectivity index (χ4n) is 3.72. The van der Waals surface area contributed by atoms with Gasteiger partial charge in [0.1, 0.15) is 11.8 Å². The summed E-state index contributed by atoms with van der Waals surface area (Å²) in [5, 5.41) is 13.6. The molecule has 3 aromatic rings. The van der Waals surface area contributed by atoms with Crippen LogP contribution < -0.4 is 9.46 Å². The highest BCUT2D eigenvalue weighted by Gasteiger charge is 2.20. The van der Waals surface area contributed by atoms with E-state index in [0.717, 1.165) is 30.7 Å². The van der Waals surface area contributed by atoms with E-state index in [1.165, 1.54) is 17.5 Å². The van der Waals surface area contributed by atoms with Gasteiger partial charge in [-0.05, 0) is 83.6 Å². The predicted octanol–water partition coefficient (Wildman–Crippen LogP) is 5.99. The van der Waals surface area contributed by atoms with Crippen molar-refractivity contribution in [2.75, 3.05) is 33.4 Å². The zero-order valence-electron chi connectivity index (χ0n) is 22.6. The van der Waals surface area contributed by atoms with E-state index in [9.17, 15) is 5.26 Å². The number of hydrogen-bond acceptors (Lipinski definition) is 8. The van der Waals surface area contributed by atoms with E-state index >= 15 is 0 Å². The van der Waals surface area contributed by atoms with Crippen molar-refractivity contribution in [2.45, 2.75) is 53.1 Å². The lowest BCUT2D eigenvalue weighted by atomic mass is 10.0. The minimum atomic E-state index is 0.00290. The molecule has 1 aromatic heterocycles. The van der Waals surface area contributed by atoms with Crippen molar-refractivity contribution >= 4 is 11.9 Å². The van der Waals surface area contributed by atoms with Gasteiger partial charge in [0.15, 0.2) is 0 Å². The van der Waals surface area contributed by atoms with Gasteiger partial charge in [0.25, 0.3) is 5.89 Å². The fraction of sp³-hybridized carbons (Fsp3) is 0.464. The lowest BCUT2D eigenvalue weighted by Crippen LogP contribution is -2.16. The molecule has 0 atom stereocenters. The first-order chi connectivity index (χ1) is 17.4. The molecule has 0 saturated heterocycles. The molecule has 4 rings (SSSR count). The van der Waals surface area contributed by atoms with Crippen LogP contribution in [0.5, 0.6) is 5.75 Å². The Balaban J connectivity index is 0.000000392. The SMILES string of the molecule is CC.CC(C)Oc1ccc(-c2nc(-c3cccc4c3CCC4)no2)cc1C#N.CNSCCN(C)C. The van der Waals surface area contributed by atoms with E-state index in [-0.39, 0.29) is 6.10 Å². The second-order valence-electron chi connectivity index (χ2n) is 8.57. The number of rotatable bonds is 8. The summed E-state index contributed by atoms with van der Waals surface area (Å²) in [6, 6.07) is 13.8. The normalized spacial score (nSPS) is 11.8. The van der Waals surface area contributed by atoms with Crippen LogP contribution in [-0.4, -0.2) is 54.6 Å². The largest absolute Gasteiger partial charge is 0.490 e. The Kier molecular flexibility index (Phi) is 12.5. The average molecular weight is 510 g/mol. The molecule has 1 heterocycles. The number of hydrogen-bond donors (Lipinski definition) is 1. The maximum absolute atomic E-state index is 9.40. The van der Waals surface area contributed by atoms with Gasteiger partial charge in [-0.3, -0.25) is 4.72 Å². The molecule has 1 aliphatic rings. The number of benzene rings is 2. The van der Waals surface area contributed by atoms with Crippen molar-refractivity contribution in [2.24, 2.45) is 0 Å². The second-order valence-corrected chi connectivity index (χ2v) is 9.67. The molecule has 0 saturated carbocycles. The molecule has 0 bridgehead atoms. The van der Waals surface area contributed by atoms with Crippen molar-refractivity contribution in [1.29, 1.82) is 5.26 Å². The van der Waals surface area contributed by atoms with E-state index < -0.39 is 0 Å². The monoisotopic (exact) mass is 509 g/mol. The van der Waals surface area contributed by atoms with Crippen LogP contribution in [0.1, 0.15) is 50.8 Å². The highest BCUT2D eigenvalue weighted by atomic mass is 32.2. The lowest BCUT2D eigenvalue weighted by Gasteiger charge is -2.11. The van der Waals surface area contributed by atoms with E-state index in [1.54, 1.807) is 24.1 Å². The zero-order chi connectivity index (χ0) is 26.5. The molecule has 194 valence electrons. The Hall–Kier alpha value is -2.86. The third-order valence-corrected chi connectivity index (χ3v) is 5.98. The van der Waals surface area contributed by atoms with Gasteiger partial charge in [0, 0.05) is 23.4 Å². The van der Waals surface area contributed by atoms with Gasteiger partial charge < -0.3 is 14.2 Å².